The maximum absolute atomic E-state index is 11.5. The molecular weight excluding hydrogens is 252 g/mol. The molecule has 0 amide bonds. The highest BCUT2D eigenvalue weighted by molar-refractivity contribution is 7.92. The van der Waals surface area contributed by atoms with E-state index in [-0.39, 0.29) is 5.75 Å². The summed E-state index contributed by atoms with van der Waals surface area (Å²) in [6, 6.07) is 2.08. The van der Waals surface area contributed by atoms with Crippen molar-refractivity contribution >= 4 is 15.7 Å². The fraction of sp³-hybridized carbons (Fsp3) is 0.636. The van der Waals surface area contributed by atoms with Gasteiger partial charge in [-0.15, -0.1) is 0 Å². The zero-order valence-corrected chi connectivity index (χ0v) is 11.3. The lowest BCUT2D eigenvalue weighted by atomic mass is 10.2. The second-order valence-corrected chi connectivity index (χ2v) is 5.87. The Morgan fingerprint density at radius 2 is 2.28 bits per heavy atom. The average molecular weight is 270 g/mol. The first kappa shape index (κ1) is 14.5. The monoisotopic (exact) mass is 270 g/mol. The lowest BCUT2D eigenvalue weighted by Crippen LogP contribution is -2.15. The third-order valence-corrected chi connectivity index (χ3v) is 3.80. The Balaban J connectivity index is 2.46. The molecule has 1 N–H and O–H groups in total. The van der Waals surface area contributed by atoms with Gasteiger partial charge in [0.05, 0.1) is 23.7 Å². The van der Waals surface area contributed by atoms with E-state index in [2.05, 4.69) is 15.9 Å². The molecule has 100 valence electrons. The molecule has 1 heterocycles. The fourth-order valence-electron chi connectivity index (χ4n) is 1.52. The van der Waals surface area contributed by atoms with Crippen LogP contribution in [0.1, 0.15) is 32.6 Å². The van der Waals surface area contributed by atoms with Crippen LogP contribution in [-0.2, 0) is 16.6 Å². The number of hydrogen-bond donors (Lipinski definition) is 1. The third kappa shape index (κ3) is 5.19. The summed E-state index contributed by atoms with van der Waals surface area (Å²) in [4.78, 5) is 0. The number of sulfonamides is 1. The SMILES string of the molecule is CCCS(=O)(=O)Nc1cnn(CCCCC#N)c1. The minimum atomic E-state index is -3.25. The Kier molecular flexibility index (Phi) is 5.65. The highest BCUT2D eigenvalue weighted by Gasteiger charge is 2.09. The van der Waals surface area contributed by atoms with E-state index >= 15 is 0 Å². The number of anilines is 1. The van der Waals surface area contributed by atoms with Gasteiger partial charge in [-0.3, -0.25) is 9.40 Å². The molecule has 1 rings (SSSR count). The molecule has 7 heteroatoms. The topological polar surface area (TPSA) is 87.8 Å². The van der Waals surface area contributed by atoms with E-state index in [1.165, 1.54) is 6.20 Å². The van der Waals surface area contributed by atoms with E-state index in [0.29, 0.717) is 25.1 Å². The number of aryl methyl sites for hydroxylation is 1. The third-order valence-electron chi connectivity index (χ3n) is 2.31. The van der Waals surface area contributed by atoms with Gasteiger partial charge in [-0.05, 0) is 19.3 Å². The number of aromatic nitrogens is 2. The molecule has 0 fully saturated rings. The summed E-state index contributed by atoms with van der Waals surface area (Å²) < 4.78 is 27.2. The summed E-state index contributed by atoms with van der Waals surface area (Å²) >= 11 is 0. The Morgan fingerprint density at radius 1 is 1.50 bits per heavy atom. The molecular formula is C11H18N4O2S. The predicted molar refractivity (Wildman–Crippen MR) is 69.4 cm³/mol. The Bertz CT molecular complexity index is 501. The van der Waals surface area contributed by atoms with E-state index in [1.807, 2.05) is 6.92 Å². The minimum Gasteiger partial charge on any atom is -0.280 e. The molecule has 1 aromatic rings. The van der Waals surface area contributed by atoms with Gasteiger partial charge in [-0.25, -0.2) is 8.42 Å². The predicted octanol–water partition coefficient (Wildman–Crippen LogP) is 1.73. The van der Waals surface area contributed by atoms with Gasteiger partial charge < -0.3 is 0 Å². The van der Waals surface area contributed by atoms with Crippen LogP contribution in [0.4, 0.5) is 5.69 Å². The summed E-state index contributed by atoms with van der Waals surface area (Å²) in [5, 5.41) is 12.5. The molecule has 0 saturated carbocycles. The van der Waals surface area contributed by atoms with Crippen LogP contribution >= 0.6 is 0 Å². The summed E-state index contributed by atoms with van der Waals surface area (Å²) in [5.74, 6) is 0.111. The van der Waals surface area contributed by atoms with Gasteiger partial charge in [0.1, 0.15) is 0 Å². The highest BCUT2D eigenvalue weighted by atomic mass is 32.2. The number of nitrogens with one attached hydrogen (secondary N) is 1. The first-order chi connectivity index (χ1) is 8.57. The maximum Gasteiger partial charge on any atom is 0.232 e. The van der Waals surface area contributed by atoms with Crippen molar-refractivity contribution in [2.24, 2.45) is 0 Å². The van der Waals surface area contributed by atoms with Gasteiger partial charge in [-0.1, -0.05) is 6.92 Å². The molecule has 0 aliphatic rings. The van der Waals surface area contributed by atoms with Crippen LogP contribution in [0.25, 0.3) is 0 Å². The van der Waals surface area contributed by atoms with E-state index in [4.69, 9.17) is 5.26 Å². The van der Waals surface area contributed by atoms with Crippen molar-refractivity contribution in [3.63, 3.8) is 0 Å². The molecule has 0 saturated heterocycles. The van der Waals surface area contributed by atoms with Crippen molar-refractivity contribution in [1.82, 2.24) is 9.78 Å². The van der Waals surface area contributed by atoms with Gasteiger partial charge in [0.25, 0.3) is 0 Å². The summed E-state index contributed by atoms with van der Waals surface area (Å²) in [7, 11) is -3.25. The van der Waals surface area contributed by atoms with Crippen LogP contribution in [0.5, 0.6) is 0 Å². The quantitative estimate of drug-likeness (QED) is 0.729. The average Bonchev–Trinajstić information content (AvgIpc) is 2.71. The Hall–Kier alpha value is -1.55. The fourth-order valence-corrected chi connectivity index (χ4v) is 2.62. The van der Waals surface area contributed by atoms with E-state index in [0.717, 1.165) is 12.8 Å². The van der Waals surface area contributed by atoms with Crippen molar-refractivity contribution in [3.8, 4) is 6.07 Å². The van der Waals surface area contributed by atoms with Crippen LogP contribution in [0.3, 0.4) is 0 Å². The molecule has 0 bridgehead atoms. The number of nitriles is 1. The Labute approximate surface area is 108 Å². The molecule has 0 unspecified atom stereocenters. The summed E-state index contributed by atoms with van der Waals surface area (Å²) in [6.07, 6.45) is 5.97. The first-order valence-electron chi connectivity index (χ1n) is 5.97. The van der Waals surface area contributed by atoms with Gasteiger partial charge in [-0.2, -0.15) is 10.4 Å². The lowest BCUT2D eigenvalue weighted by Gasteiger charge is -2.03. The summed E-state index contributed by atoms with van der Waals surface area (Å²) in [6.45, 7) is 2.51. The lowest BCUT2D eigenvalue weighted by molar-refractivity contribution is 0.562. The number of nitrogens with zero attached hydrogens (tertiary/aromatic N) is 3. The van der Waals surface area contributed by atoms with Crippen LogP contribution in [-0.4, -0.2) is 24.0 Å². The molecule has 0 aromatic carbocycles. The first-order valence-corrected chi connectivity index (χ1v) is 7.62. The van der Waals surface area contributed by atoms with Gasteiger partial charge in [0.15, 0.2) is 0 Å². The van der Waals surface area contributed by atoms with Crippen LogP contribution in [0, 0.1) is 11.3 Å². The summed E-state index contributed by atoms with van der Waals surface area (Å²) in [5.41, 5.74) is 0.490. The van der Waals surface area contributed by atoms with Crippen molar-refractivity contribution in [2.45, 2.75) is 39.2 Å². The number of unbranched alkanes of at least 4 members (excludes halogenated alkanes) is 2. The number of rotatable bonds is 8. The molecule has 0 atom stereocenters. The zero-order valence-electron chi connectivity index (χ0n) is 10.5. The normalized spacial score (nSPS) is 11.1. The van der Waals surface area contributed by atoms with Gasteiger partial charge >= 0.3 is 0 Å². The molecule has 1 aromatic heterocycles. The van der Waals surface area contributed by atoms with Crippen LogP contribution in [0.2, 0.25) is 0 Å². The van der Waals surface area contributed by atoms with E-state index < -0.39 is 10.0 Å². The molecule has 0 aliphatic carbocycles. The smallest absolute Gasteiger partial charge is 0.232 e. The Morgan fingerprint density at radius 3 is 2.94 bits per heavy atom. The van der Waals surface area contributed by atoms with Crippen LogP contribution < -0.4 is 4.72 Å². The second-order valence-electron chi connectivity index (χ2n) is 4.03. The maximum atomic E-state index is 11.5. The van der Waals surface area contributed by atoms with Crippen LogP contribution in [0.15, 0.2) is 12.4 Å². The van der Waals surface area contributed by atoms with Gasteiger partial charge in [0, 0.05) is 19.2 Å². The van der Waals surface area contributed by atoms with Crippen molar-refractivity contribution in [3.05, 3.63) is 12.4 Å². The molecule has 6 nitrogen and oxygen atoms in total. The largest absolute Gasteiger partial charge is 0.280 e. The van der Waals surface area contributed by atoms with E-state index in [1.54, 1.807) is 10.9 Å². The standard InChI is InChI=1S/C11H18N4O2S/c1-2-8-18(16,17)14-11-9-13-15(10-11)7-5-3-4-6-12/h9-10,14H,2-5,7-8H2,1H3. The molecule has 0 spiro atoms. The minimum absolute atomic E-state index is 0.111. The van der Waals surface area contributed by atoms with Crippen molar-refractivity contribution in [1.29, 1.82) is 5.26 Å². The van der Waals surface area contributed by atoms with Crippen molar-refractivity contribution in [2.75, 3.05) is 10.5 Å². The molecule has 18 heavy (non-hydrogen) atoms. The zero-order chi connectivity index (χ0) is 13.4. The second kappa shape index (κ2) is 7.01. The van der Waals surface area contributed by atoms with Gasteiger partial charge in [0.2, 0.25) is 10.0 Å². The van der Waals surface area contributed by atoms with Crippen molar-refractivity contribution < 1.29 is 8.42 Å². The van der Waals surface area contributed by atoms with E-state index in [9.17, 15) is 8.42 Å². The highest BCUT2D eigenvalue weighted by Crippen LogP contribution is 2.09. The molecule has 0 radical (unpaired) electrons. The number of hydrogen-bond acceptors (Lipinski definition) is 4. The molecule has 0 aliphatic heterocycles.